The number of carboxylic acids is 1. The standard InChI is InChI=1S/C12H18N2O4S/c1-9-6-10(2)8-11(7-9)13-19(17,18)14(3)5-4-12(15)16/h6-8,13H,4-5H2,1-3H3,(H,15,16). The largest absolute Gasteiger partial charge is 0.481 e. The highest BCUT2D eigenvalue weighted by Crippen LogP contribution is 2.16. The van der Waals surface area contributed by atoms with Crippen LogP contribution in [0.15, 0.2) is 18.2 Å². The van der Waals surface area contributed by atoms with E-state index in [9.17, 15) is 13.2 Å². The van der Waals surface area contributed by atoms with E-state index in [1.165, 1.54) is 7.05 Å². The molecule has 0 heterocycles. The lowest BCUT2D eigenvalue weighted by Gasteiger charge is -2.18. The molecule has 1 aromatic carbocycles. The number of nitrogens with zero attached hydrogens (tertiary/aromatic N) is 1. The van der Waals surface area contributed by atoms with Crippen LogP contribution in [0.2, 0.25) is 0 Å². The molecule has 0 fully saturated rings. The Bertz CT molecular complexity index is 549. The molecule has 2 N–H and O–H groups in total. The molecule has 0 aliphatic heterocycles. The van der Waals surface area contributed by atoms with Crippen molar-refractivity contribution in [3.63, 3.8) is 0 Å². The van der Waals surface area contributed by atoms with E-state index in [1.807, 2.05) is 19.9 Å². The fraction of sp³-hybridized carbons (Fsp3) is 0.417. The molecule has 6 nitrogen and oxygen atoms in total. The lowest BCUT2D eigenvalue weighted by molar-refractivity contribution is -0.137. The number of hydrogen-bond donors (Lipinski definition) is 2. The third-order valence-electron chi connectivity index (χ3n) is 2.52. The van der Waals surface area contributed by atoms with E-state index >= 15 is 0 Å². The van der Waals surface area contributed by atoms with Crippen molar-refractivity contribution in [1.82, 2.24) is 4.31 Å². The first-order valence-corrected chi connectivity index (χ1v) is 7.19. The molecule has 0 amide bonds. The number of aliphatic carboxylic acids is 1. The minimum atomic E-state index is -3.72. The maximum absolute atomic E-state index is 12.0. The predicted octanol–water partition coefficient (Wildman–Crippen LogP) is 1.37. The Labute approximate surface area is 113 Å². The zero-order valence-corrected chi connectivity index (χ0v) is 12.0. The van der Waals surface area contributed by atoms with Gasteiger partial charge in [-0.05, 0) is 37.1 Å². The van der Waals surface area contributed by atoms with Gasteiger partial charge in [-0.25, -0.2) is 0 Å². The summed E-state index contributed by atoms with van der Waals surface area (Å²) in [7, 11) is -2.38. The average Bonchev–Trinajstić information content (AvgIpc) is 2.23. The molecule has 19 heavy (non-hydrogen) atoms. The molecular weight excluding hydrogens is 268 g/mol. The molecule has 1 aromatic rings. The van der Waals surface area contributed by atoms with Crippen LogP contribution < -0.4 is 4.72 Å². The van der Waals surface area contributed by atoms with E-state index in [0.29, 0.717) is 5.69 Å². The molecule has 0 saturated carbocycles. The second-order valence-electron chi connectivity index (χ2n) is 4.45. The normalized spacial score (nSPS) is 11.6. The maximum Gasteiger partial charge on any atom is 0.304 e. The SMILES string of the molecule is Cc1cc(C)cc(NS(=O)(=O)N(C)CCC(=O)O)c1. The third kappa shape index (κ3) is 4.88. The summed E-state index contributed by atoms with van der Waals surface area (Å²) >= 11 is 0. The second-order valence-corrected chi connectivity index (χ2v) is 6.23. The summed E-state index contributed by atoms with van der Waals surface area (Å²) in [4.78, 5) is 10.4. The molecule has 0 unspecified atom stereocenters. The number of hydrogen-bond acceptors (Lipinski definition) is 3. The van der Waals surface area contributed by atoms with E-state index < -0.39 is 16.2 Å². The van der Waals surface area contributed by atoms with Gasteiger partial charge in [-0.15, -0.1) is 0 Å². The van der Waals surface area contributed by atoms with Crippen LogP contribution >= 0.6 is 0 Å². The summed E-state index contributed by atoms with van der Waals surface area (Å²) in [5.41, 5.74) is 2.37. The third-order valence-corrected chi connectivity index (χ3v) is 4.02. The Kier molecular flexibility index (Phi) is 4.90. The molecule has 106 valence electrons. The summed E-state index contributed by atoms with van der Waals surface area (Å²) in [6.45, 7) is 3.67. The fourth-order valence-corrected chi connectivity index (χ4v) is 2.54. The predicted molar refractivity (Wildman–Crippen MR) is 73.3 cm³/mol. The number of anilines is 1. The second kappa shape index (κ2) is 6.03. The topological polar surface area (TPSA) is 86.7 Å². The number of aryl methyl sites for hydroxylation is 2. The van der Waals surface area contributed by atoms with Gasteiger partial charge in [0.2, 0.25) is 0 Å². The highest BCUT2D eigenvalue weighted by atomic mass is 32.2. The van der Waals surface area contributed by atoms with Crippen molar-refractivity contribution < 1.29 is 18.3 Å². The van der Waals surface area contributed by atoms with Crippen molar-refractivity contribution in [2.45, 2.75) is 20.3 Å². The minimum Gasteiger partial charge on any atom is -0.481 e. The summed E-state index contributed by atoms with van der Waals surface area (Å²) < 4.78 is 27.3. The van der Waals surface area contributed by atoms with E-state index in [1.54, 1.807) is 12.1 Å². The van der Waals surface area contributed by atoms with Gasteiger partial charge in [-0.1, -0.05) is 6.07 Å². The van der Waals surface area contributed by atoms with Crippen molar-refractivity contribution in [2.24, 2.45) is 0 Å². The number of nitrogens with one attached hydrogen (secondary N) is 1. The monoisotopic (exact) mass is 286 g/mol. The van der Waals surface area contributed by atoms with Gasteiger partial charge in [0.15, 0.2) is 0 Å². The lowest BCUT2D eigenvalue weighted by Crippen LogP contribution is -2.34. The number of benzene rings is 1. The molecule has 0 aliphatic carbocycles. The average molecular weight is 286 g/mol. The smallest absolute Gasteiger partial charge is 0.304 e. The fourth-order valence-electron chi connectivity index (χ4n) is 1.63. The summed E-state index contributed by atoms with van der Waals surface area (Å²) in [6.07, 6.45) is -0.232. The van der Waals surface area contributed by atoms with Gasteiger partial charge in [-0.3, -0.25) is 9.52 Å². The molecule has 0 radical (unpaired) electrons. The van der Waals surface area contributed by atoms with Gasteiger partial charge in [0.1, 0.15) is 0 Å². The van der Waals surface area contributed by atoms with E-state index in [0.717, 1.165) is 15.4 Å². The first-order valence-electron chi connectivity index (χ1n) is 5.75. The van der Waals surface area contributed by atoms with E-state index in [4.69, 9.17) is 5.11 Å². The van der Waals surface area contributed by atoms with E-state index in [2.05, 4.69) is 4.72 Å². The molecule has 0 saturated heterocycles. The van der Waals surface area contributed by atoms with Crippen LogP contribution in [0.3, 0.4) is 0 Å². The molecule has 0 aromatic heterocycles. The van der Waals surface area contributed by atoms with Crippen LogP contribution in [0.5, 0.6) is 0 Å². The number of rotatable bonds is 6. The molecule has 7 heteroatoms. The number of carbonyl (C=O) groups is 1. The van der Waals surface area contributed by atoms with Gasteiger partial charge in [0, 0.05) is 13.6 Å². The van der Waals surface area contributed by atoms with Crippen molar-refractivity contribution in [3.8, 4) is 0 Å². The first-order chi connectivity index (χ1) is 8.70. The Morgan fingerprint density at radius 2 is 1.79 bits per heavy atom. The Morgan fingerprint density at radius 3 is 2.26 bits per heavy atom. The lowest BCUT2D eigenvalue weighted by atomic mass is 10.1. The van der Waals surface area contributed by atoms with Crippen molar-refractivity contribution in [2.75, 3.05) is 18.3 Å². The van der Waals surface area contributed by atoms with Crippen molar-refractivity contribution in [3.05, 3.63) is 29.3 Å². The first kappa shape index (κ1) is 15.5. The summed E-state index contributed by atoms with van der Waals surface area (Å²) in [6, 6.07) is 5.37. The number of carboxylic acid groups (broad SMARTS) is 1. The van der Waals surface area contributed by atoms with Gasteiger partial charge in [0.25, 0.3) is 0 Å². The minimum absolute atomic E-state index is 0.0739. The van der Waals surface area contributed by atoms with Crippen LogP contribution in [0.25, 0.3) is 0 Å². The highest BCUT2D eigenvalue weighted by Gasteiger charge is 2.18. The zero-order valence-electron chi connectivity index (χ0n) is 11.2. The van der Waals surface area contributed by atoms with E-state index in [-0.39, 0.29) is 13.0 Å². The Morgan fingerprint density at radius 1 is 1.26 bits per heavy atom. The zero-order chi connectivity index (χ0) is 14.6. The van der Waals surface area contributed by atoms with Gasteiger partial charge in [-0.2, -0.15) is 12.7 Å². The van der Waals surface area contributed by atoms with Crippen molar-refractivity contribution >= 4 is 21.9 Å². The van der Waals surface area contributed by atoms with Crippen LogP contribution in [0.1, 0.15) is 17.5 Å². The van der Waals surface area contributed by atoms with Gasteiger partial charge < -0.3 is 5.11 Å². The molecule has 0 atom stereocenters. The van der Waals surface area contributed by atoms with Crippen LogP contribution in [-0.4, -0.2) is 37.4 Å². The maximum atomic E-state index is 12.0. The Hall–Kier alpha value is -1.60. The quantitative estimate of drug-likeness (QED) is 0.827. The van der Waals surface area contributed by atoms with Crippen LogP contribution in [0, 0.1) is 13.8 Å². The molecule has 0 spiro atoms. The molecular formula is C12H18N2O4S. The summed E-state index contributed by atoms with van der Waals surface area (Å²) in [5.74, 6) is -1.03. The molecule has 0 aliphatic rings. The molecule has 0 bridgehead atoms. The highest BCUT2D eigenvalue weighted by molar-refractivity contribution is 7.90. The van der Waals surface area contributed by atoms with Gasteiger partial charge in [0.05, 0.1) is 12.1 Å². The van der Waals surface area contributed by atoms with Crippen LogP contribution in [0.4, 0.5) is 5.69 Å². The molecule has 1 rings (SSSR count). The Balaban J connectivity index is 2.81. The summed E-state index contributed by atoms with van der Waals surface area (Å²) in [5, 5.41) is 8.55. The van der Waals surface area contributed by atoms with Crippen LogP contribution in [-0.2, 0) is 15.0 Å². The van der Waals surface area contributed by atoms with Gasteiger partial charge >= 0.3 is 16.2 Å². The van der Waals surface area contributed by atoms with Crippen molar-refractivity contribution in [1.29, 1.82) is 0 Å².